The molecule has 9 rings (SSSR count). The van der Waals surface area contributed by atoms with Crippen LogP contribution in [0.25, 0.3) is 0 Å². The van der Waals surface area contributed by atoms with Gasteiger partial charge in [0.15, 0.2) is 0 Å². The van der Waals surface area contributed by atoms with Gasteiger partial charge in [0.2, 0.25) is 47.3 Å². The Morgan fingerprint density at radius 2 is 1.30 bits per heavy atom. The second-order valence-corrected chi connectivity index (χ2v) is 28.0. The Kier molecular flexibility index (Phi) is 26.6. The molecule has 1 aliphatic heterocycles. The molecule has 4 aliphatic carbocycles. The molecular weight excluding hydrogens is 1240 g/mol. The molecule has 8 atom stereocenters. The maximum Gasteiger partial charge on any atom is 0.243 e. The number of imide groups is 1. The van der Waals surface area contributed by atoms with Crippen LogP contribution >= 0.6 is 0 Å². The average molecular weight is 1350 g/mol. The highest BCUT2D eigenvalue weighted by Crippen LogP contribution is 2.59. The Hall–Kier alpha value is -8.00. The first-order valence-electron chi connectivity index (χ1n) is 35.4. The Balaban J connectivity index is 0.644. The molecule has 2 fully saturated rings. The normalized spacial score (nSPS) is 21.8. The number of aryl methyl sites for hydroxylation is 2. The topological polar surface area (TPSA) is 281 Å². The van der Waals surface area contributed by atoms with Crippen LogP contribution in [0.5, 0.6) is 5.75 Å². The Labute approximate surface area is 577 Å². The summed E-state index contributed by atoms with van der Waals surface area (Å²) in [5.41, 5.74) is 6.46. The third kappa shape index (κ3) is 18.8. The number of phenolic OH excluding ortho intramolecular Hbond substituents is 1. The number of rotatable bonds is 33. The largest absolute Gasteiger partial charge is 0.508 e. The molecule has 98 heavy (non-hydrogen) atoms. The van der Waals surface area contributed by atoms with Gasteiger partial charge in [-0.1, -0.05) is 102 Å². The van der Waals surface area contributed by atoms with Gasteiger partial charge in [0, 0.05) is 42.6 Å². The zero-order valence-electron chi connectivity index (χ0n) is 58.1. The van der Waals surface area contributed by atoms with E-state index in [-0.39, 0.29) is 111 Å². The zero-order chi connectivity index (χ0) is 69.8. The van der Waals surface area contributed by atoms with Crippen molar-refractivity contribution in [3.05, 3.63) is 124 Å². The van der Waals surface area contributed by atoms with E-state index in [9.17, 15) is 43.5 Å². The van der Waals surface area contributed by atoms with Gasteiger partial charge in [0.1, 0.15) is 17.8 Å². The second-order valence-electron chi connectivity index (χ2n) is 28.0. The molecule has 2 saturated carbocycles. The fraction of sp³-hybridized carbons (Fsp3) is 0.558. The lowest BCUT2D eigenvalue weighted by Crippen LogP contribution is -2.58. The van der Waals surface area contributed by atoms with E-state index >= 15 is 0 Å². The van der Waals surface area contributed by atoms with Crippen molar-refractivity contribution >= 4 is 58.6 Å². The van der Waals surface area contributed by atoms with Crippen molar-refractivity contribution in [2.75, 3.05) is 89.8 Å². The molecule has 8 amide bonds. The number of nitrogens with one attached hydrogen (secondary N) is 7. The third-order valence-corrected chi connectivity index (χ3v) is 21.1. The van der Waals surface area contributed by atoms with E-state index in [0.717, 1.165) is 103 Å². The highest BCUT2D eigenvalue weighted by Gasteiger charge is 2.57. The smallest absolute Gasteiger partial charge is 0.243 e. The summed E-state index contributed by atoms with van der Waals surface area (Å²) in [6.45, 7) is 13.0. The second kappa shape index (κ2) is 35.2. The molecule has 0 spiro atoms. The van der Waals surface area contributed by atoms with Crippen molar-refractivity contribution < 1.29 is 62.4 Å². The Bertz CT molecular complexity index is 3550. The molecule has 3 unspecified atom stereocenters. The van der Waals surface area contributed by atoms with Crippen LogP contribution in [0.1, 0.15) is 169 Å². The number of nitrogens with zero attached hydrogens (tertiary/aromatic N) is 1. The molecule has 4 aromatic carbocycles. The minimum absolute atomic E-state index is 0.00929. The van der Waals surface area contributed by atoms with E-state index < -0.39 is 46.1 Å². The quantitative estimate of drug-likeness (QED) is 0.0128. The maximum atomic E-state index is 14.7. The van der Waals surface area contributed by atoms with E-state index in [1.807, 2.05) is 99.8 Å². The number of phenols is 1. The highest BCUT2D eigenvalue weighted by molar-refractivity contribution is 6.01. The third-order valence-electron chi connectivity index (χ3n) is 21.1. The van der Waals surface area contributed by atoms with Gasteiger partial charge in [-0.3, -0.25) is 43.7 Å². The lowest BCUT2D eigenvalue weighted by molar-refractivity contribution is -0.149. The van der Waals surface area contributed by atoms with Gasteiger partial charge in [-0.2, -0.15) is 0 Å². The first-order chi connectivity index (χ1) is 47.2. The number of unbranched alkanes of at least 4 members (excludes halogenated alkanes) is 1. The fourth-order valence-corrected chi connectivity index (χ4v) is 15.7. The van der Waals surface area contributed by atoms with E-state index in [4.69, 9.17) is 18.9 Å². The molecule has 0 bridgehead atoms. The first kappa shape index (κ1) is 74.2. The van der Waals surface area contributed by atoms with Gasteiger partial charge in [-0.05, 0) is 184 Å². The number of para-hydroxylation sites is 1. The number of hydrogen-bond donors (Lipinski definition) is 8. The molecular formula is C77H102N8O13. The average Bonchev–Trinajstić information content (AvgIpc) is 0.727. The lowest BCUT2D eigenvalue weighted by Gasteiger charge is -2.55. The number of fused-ring (bicyclic) bond motifs is 8. The molecule has 21 heteroatoms. The number of aromatic hydroxyl groups is 1. The number of ether oxygens (including phenoxy) is 4. The number of amides is 8. The molecule has 4 aromatic rings. The predicted molar refractivity (Wildman–Crippen MR) is 374 cm³/mol. The lowest BCUT2D eigenvalue weighted by atomic mass is 9.49. The molecule has 21 nitrogen and oxygen atoms in total. The standard InChI is InChI=1S/C77H102N8O13/c1-51(2)70(72(92)80-49-68(89)81-57-27-23-54-26-30-65-75(3,62(54)47-57)35-14-36-77(65,5)74(94)84-73(93)76(4)34-13-18-59-60-48-58(86)28-24-53(60)25-29-61(59)76)83-71(91)63(19-11-12-37-78-6)82-67(88)33-39-95-41-43-97-45-46-98-44-42-96-40-38-79-66(87)31-32-69(90)85-50-56-17-8-7-15-52(56)21-22-55-16-9-10-20-64(55)85/h7-10,15-17,20,23-24,27-28,47-48,51,59,61,63,65,70,78,86H,11-14,18-19,25-26,29-46,49-50H2,1-6H3,(H,79,87)(H,80,92)(H,81,89)(H,82,88)(H,83,91)(H,84,93,94)/t59?,61-,63-,65?,70?,75-,76+,77+/m1/s1. The van der Waals surface area contributed by atoms with E-state index in [2.05, 4.69) is 56.0 Å². The molecule has 8 N–H and O–H groups in total. The van der Waals surface area contributed by atoms with Crippen molar-refractivity contribution in [2.45, 2.75) is 167 Å². The number of carbonyl (C=O) groups is 8. The number of hydrogen-bond acceptors (Lipinski definition) is 14. The molecule has 1 heterocycles. The summed E-state index contributed by atoms with van der Waals surface area (Å²) in [6.07, 6.45) is 9.77. The van der Waals surface area contributed by atoms with Gasteiger partial charge in [0.05, 0.1) is 82.5 Å². The molecule has 528 valence electrons. The van der Waals surface area contributed by atoms with Crippen LogP contribution in [0, 0.1) is 40.4 Å². The molecule has 0 radical (unpaired) electrons. The SMILES string of the molecule is CNCCCC[C@@H](NC(=O)CCOCCOCCOCCOCCNC(=O)CCC(=O)N1Cc2ccccc2C#Cc2ccccc21)C(=O)NC(C(=O)NCC(=O)Nc1ccc2c(c1)[C@@]1(C)CCC[C@](C)(C(=O)NC(=O)[C@@]3(C)CCCC4c5cc(O)ccc5CC[C@H]43)C1CC2)C(C)C. The van der Waals surface area contributed by atoms with Crippen molar-refractivity contribution in [1.82, 2.24) is 31.9 Å². The summed E-state index contributed by atoms with van der Waals surface area (Å²) in [6, 6.07) is 24.8. The van der Waals surface area contributed by atoms with E-state index in [0.29, 0.717) is 70.9 Å². The van der Waals surface area contributed by atoms with E-state index in [1.54, 1.807) is 24.8 Å². The van der Waals surface area contributed by atoms with Crippen LogP contribution in [-0.4, -0.2) is 144 Å². The van der Waals surface area contributed by atoms with Gasteiger partial charge in [-0.15, -0.1) is 0 Å². The van der Waals surface area contributed by atoms with Crippen LogP contribution < -0.4 is 42.1 Å². The van der Waals surface area contributed by atoms with Crippen LogP contribution in [0.3, 0.4) is 0 Å². The summed E-state index contributed by atoms with van der Waals surface area (Å²) in [5, 5.41) is 30.7. The molecule has 0 saturated heterocycles. The summed E-state index contributed by atoms with van der Waals surface area (Å²) in [4.78, 5) is 112. The van der Waals surface area contributed by atoms with Crippen molar-refractivity contribution in [2.24, 2.45) is 28.6 Å². The Morgan fingerprint density at radius 1 is 0.622 bits per heavy atom. The molecule has 0 aromatic heterocycles. The summed E-state index contributed by atoms with van der Waals surface area (Å²) in [7, 11) is 1.84. The van der Waals surface area contributed by atoms with Gasteiger partial charge >= 0.3 is 0 Å². The van der Waals surface area contributed by atoms with E-state index in [1.165, 1.54) is 5.56 Å². The number of benzene rings is 4. The minimum Gasteiger partial charge on any atom is -0.508 e. The Morgan fingerprint density at radius 3 is 2.05 bits per heavy atom. The number of anilines is 2. The summed E-state index contributed by atoms with van der Waals surface area (Å²) >= 11 is 0. The molecule has 5 aliphatic rings. The van der Waals surface area contributed by atoms with Gasteiger partial charge < -0.3 is 60.9 Å². The number of carbonyl (C=O) groups excluding carboxylic acids is 8. The predicted octanol–water partition coefficient (Wildman–Crippen LogP) is 7.95. The highest BCUT2D eigenvalue weighted by atomic mass is 16.6. The summed E-state index contributed by atoms with van der Waals surface area (Å²) in [5.74, 6) is 3.67. The summed E-state index contributed by atoms with van der Waals surface area (Å²) < 4.78 is 22.5. The van der Waals surface area contributed by atoms with Gasteiger partial charge in [-0.25, -0.2) is 0 Å². The van der Waals surface area contributed by atoms with Crippen molar-refractivity contribution in [3.8, 4) is 17.6 Å². The van der Waals surface area contributed by atoms with Crippen LogP contribution in [0.15, 0.2) is 84.9 Å². The zero-order valence-corrected chi connectivity index (χ0v) is 58.1. The van der Waals surface area contributed by atoms with Crippen molar-refractivity contribution in [1.29, 1.82) is 0 Å². The maximum absolute atomic E-state index is 14.7. The van der Waals surface area contributed by atoms with Gasteiger partial charge in [0.25, 0.3) is 0 Å². The van der Waals surface area contributed by atoms with Crippen LogP contribution in [-0.2, 0) is 82.1 Å². The minimum atomic E-state index is -1.01. The van der Waals surface area contributed by atoms with Crippen LogP contribution in [0.4, 0.5) is 11.4 Å². The first-order valence-corrected chi connectivity index (χ1v) is 35.4. The van der Waals surface area contributed by atoms with Crippen LogP contribution in [0.2, 0.25) is 0 Å². The van der Waals surface area contributed by atoms with Crippen molar-refractivity contribution in [3.63, 3.8) is 0 Å². The fourth-order valence-electron chi connectivity index (χ4n) is 15.7. The monoisotopic (exact) mass is 1350 g/mol.